The number of anilines is 5. The van der Waals surface area contributed by atoms with E-state index in [9.17, 15) is 9.18 Å². The van der Waals surface area contributed by atoms with Crippen molar-refractivity contribution in [1.82, 2.24) is 19.7 Å². The summed E-state index contributed by atoms with van der Waals surface area (Å²) in [7, 11) is 1.80. The largest absolute Gasteiger partial charge is 0.337 e. The van der Waals surface area contributed by atoms with Crippen molar-refractivity contribution in [3.63, 3.8) is 0 Å². The van der Waals surface area contributed by atoms with Gasteiger partial charge in [-0.2, -0.15) is 10.1 Å². The molecule has 9 heteroatoms. The van der Waals surface area contributed by atoms with Crippen molar-refractivity contribution in [2.45, 2.75) is 0 Å². The summed E-state index contributed by atoms with van der Waals surface area (Å²) in [4.78, 5) is 20.6. The van der Waals surface area contributed by atoms with Crippen molar-refractivity contribution >= 4 is 34.7 Å². The van der Waals surface area contributed by atoms with Gasteiger partial charge in [0, 0.05) is 30.7 Å². The van der Waals surface area contributed by atoms with Gasteiger partial charge in [0.15, 0.2) is 0 Å². The predicted octanol–water partition coefficient (Wildman–Crippen LogP) is 4.63. The summed E-state index contributed by atoms with van der Waals surface area (Å²) in [6.45, 7) is 3.42. The van der Waals surface area contributed by atoms with E-state index in [1.807, 2.05) is 30.3 Å². The number of rotatable bonds is 7. The Kier molecular flexibility index (Phi) is 5.89. The van der Waals surface area contributed by atoms with Gasteiger partial charge in [0.05, 0.1) is 17.6 Å². The number of hydrogen-bond donors (Lipinski definition) is 3. The summed E-state index contributed by atoms with van der Waals surface area (Å²) in [6, 6.07) is 13.7. The van der Waals surface area contributed by atoms with Crippen LogP contribution in [0.25, 0.3) is 11.1 Å². The quantitative estimate of drug-likeness (QED) is 0.371. The lowest BCUT2D eigenvalue weighted by Gasteiger charge is -2.14. The number of nitrogens with one attached hydrogen (secondary N) is 3. The molecular formula is C23H20FN7O. The van der Waals surface area contributed by atoms with Gasteiger partial charge in [0.1, 0.15) is 11.6 Å². The first-order chi connectivity index (χ1) is 15.5. The Morgan fingerprint density at radius 2 is 1.91 bits per heavy atom. The molecule has 0 spiro atoms. The van der Waals surface area contributed by atoms with E-state index in [1.54, 1.807) is 30.3 Å². The van der Waals surface area contributed by atoms with Gasteiger partial charge < -0.3 is 16.0 Å². The number of carbonyl (C=O) groups is 1. The third kappa shape index (κ3) is 4.78. The zero-order chi connectivity index (χ0) is 22.5. The third-order valence-corrected chi connectivity index (χ3v) is 4.51. The van der Waals surface area contributed by atoms with Crippen LogP contribution in [0, 0.1) is 5.82 Å². The molecule has 0 aliphatic heterocycles. The van der Waals surface area contributed by atoms with E-state index in [1.165, 1.54) is 18.2 Å². The lowest BCUT2D eigenvalue weighted by Crippen LogP contribution is -2.08. The number of amides is 1. The normalized spacial score (nSPS) is 10.4. The zero-order valence-electron chi connectivity index (χ0n) is 17.2. The van der Waals surface area contributed by atoms with Crippen LogP contribution in [-0.4, -0.2) is 25.7 Å². The van der Waals surface area contributed by atoms with E-state index in [4.69, 9.17) is 0 Å². The van der Waals surface area contributed by atoms with Crippen LogP contribution in [0.3, 0.4) is 0 Å². The second kappa shape index (κ2) is 9.09. The Morgan fingerprint density at radius 1 is 1.09 bits per heavy atom. The van der Waals surface area contributed by atoms with Gasteiger partial charge in [-0.1, -0.05) is 36.9 Å². The minimum absolute atomic E-state index is 0.148. The van der Waals surface area contributed by atoms with Crippen molar-refractivity contribution in [1.29, 1.82) is 0 Å². The highest BCUT2D eigenvalue weighted by atomic mass is 19.1. The molecule has 1 amide bonds. The predicted molar refractivity (Wildman–Crippen MR) is 122 cm³/mol. The van der Waals surface area contributed by atoms with Crippen LogP contribution in [0.5, 0.6) is 0 Å². The molecule has 3 N–H and O–H groups in total. The topological polar surface area (TPSA) is 96.8 Å². The number of aryl methyl sites for hydroxylation is 1. The summed E-state index contributed by atoms with van der Waals surface area (Å²) in [6.07, 6.45) is 6.23. The molecule has 0 radical (unpaired) electrons. The molecule has 0 aliphatic rings. The highest BCUT2D eigenvalue weighted by molar-refractivity contribution is 5.99. The summed E-state index contributed by atoms with van der Waals surface area (Å²) < 4.78 is 16.2. The number of carbonyl (C=O) groups excluding carboxylic acids is 1. The number of aromatic nitrogens is 4. The van der Waals surface area contributed by atoms with E-state index in [2.05, 4.69) is 37.6 Å². The second-order valence-corrected chi connectivity index (χ2v) is 6.86. The highest BCUT2D eigenvalue weighted by Crippen LogP contribution is 2.31. The molecule has 2 aromatic carbocycles. The first kappa shape index (κ1) is 20.7. The van der Waals surface area contributed by atoms with Crippen LogP contribution in [0.15, 0.2) is 79.8 Å². The standard InChI is InChI=1S/C23H20FN7O/c1-3-21(32)27-16-9-10-19(24)20(11-16)29-22-18(15-7-5-4-6-8-15)13-25-23(30-22)28-17-12-26-31(2)14-17/h3-14H,1H2,2H3,(H,27,32)(H2,25,28,29,30). The SMILES string of the molecule is C=CC(=O)Nc1ccc(F)c(Nc2nc(Nc3cnn(C)c3)ncc2-c2ccccc2)c1. The molecule has 4 aromatic rings. The van der Waals surface area contributed by atoms with Crippen LogP contribution in [0.1, 0.15) is 0 Å². The van der Waals surface area contributed by atoms with Gasteiger partial charge in [-0.05, 0) is 29.8 Å². The maximum Gasteiger partial charge on any atom is 0.247 e. The van der Waals surface area contributed by atoms with Crippen molar-refractivity contribution in [3.05, 3.63) is 85.6 Å². The lowest BCUT2D eigenvalue weighted by molar-refractivity contribution is -0.111. The van der Waals surface area contributed by atoms with E-state index < -0.39 is 11.7 Å². The zero-order valence-corrected chi connectivity index (χ0v) is 17.2. The Labute approximate surface area is 183 Å². The van der Waals surface area contributed by atoms with Gasteiger partial charge in [0.25, 0.3) is 0 Å². The highest BCUT2D eigenvalue weighted by Gasteiger charge is 2.13. The number of hydrogen-bond acceptors (Lipinski definition) is 6. The molecule has 8 nitrogen and oxygen atoms in total. The number of nitrogens with zero attached hydrogens (tertiary/aromatic N) is 4. The molecule has 2 heterocycles. The fraction of sp³-hybridized carbons (Fsp3) is 0.0435. The molecule has 4 rings (SSSR count). The summed E-state index contributed by atoms with van der Waals surface area (Å²) in [5.41, 5.74) is 2.82. The van der Waals surface area contributed by atoms with E-state index >= 15 is 0 Å². The van der Waals surface area contributed by atoms with Gasteiger partial charge >= 0.3 is 0 Å². The van der Waals surface area contributed by atoms with Gasteiger partial charge in [-0.15, -0.1) is 0 Å². The molecule has 0 bridgehead atoms. The van der Waals surface area contributed by atoms with Crippen LogP contribution in [0.2, 0.25) is 0 Å². The van der Waals surface area contributed by atoms with Crippen LogP contribution in [-0.2, 0) is 11.8 Å². The Hall–Kier alpha value is -4.53. The van der Waals surface area contributed by atoms with Crippen molar-refractivity contribution in [2.75, 3.05) is 16.0 Å². The van der Waals surface area contributed by atoms with Crippen LogP contribution in [0.4, 0.5) is 33.2 Å². The average Bonchev–Trinajstić information content (AvgIpc) is 3.21. The average molecular weight is 429 g/mol. The van der Waals surface area contributed by atoms with E-state index in [0.29, 0.717) is 28.7 Å². The molecule has 0 unspecified atom stereocenters. The third-order valence-electron chi connectivity index (χ3n) is 4.51. The van der Waals surface area contributed by atoms with Gasteiger partial charge in [0.2, 0.25) is 11.9 Å². The van der Waals surface area contributed by atoms with Gasteiger partial charge in [-0.3, -0.25) is 9.48 Å². The molecule has 0 saturated carbocycles. The lowest BCUT2D eigenvalue weighted by atomic mass is 10.1. The monoisotopic (exact) mass is 429 g/mol. The first-order valence-corrected chi connectivity index (χ1v) is 9.70. The molecule has 0 aliphatic carbocycles. The molecule has 160 valence electrons. The van der Waals surface area contributed by atoms with Crippen molar-refractivity contribution in [2.24, 2.45) is 7.05 Å². The molecule has 0 fully saturated rings. The number of benzene rings is 2. The van der Waals surface area contributed by atoms with Gasteiger partial charge in [-0.25, -0.2) is 9.37 Å². The summed E-state index contributed by atoms with van der Waals surface area (Å²) in [5, 5.41) is 12.9. The second-order valence-electron chi connectivity index (χ2n) is 6.86. The molecule has 0 saturated heterocycles. The van der Waals surface area contributed by atoms with Crippen LogP contribution >= 0.6 is 0 Å². The molecule has 32 heavy (non-hydrogen) atoms. The Morgan fingerprint density at radius 3 is 2.62 bits per heavy atom. The van der Waals surface area contributed by atoms with Crippen molar-refractivity contribution < 1.29 is 9.18 Å². The maximum absolute atomic E-state index is 14.6. The minimum atomic E-state index is -0.499. The summed E-state index contributed by atoms with van der Waals surface area (Å²) in [5.74, 6) is -0.182. The van der Waals surface area contributed by atoms with Crippen molar-refractivity contribution in [3.8, 4) is 11.1 Å². The number of halogens is 1. The van der Waals surface area contributed by atoms with E-state index in [0.717, 1.165) is 11.6 Å². The smallest absolute Gasteiger partial charge is 0.247 e. The fourth-order valence-corrected chi connectivity index (χ4v) is 3.00. The fourth-order valence-electron chi connectivity index (χ4n) is 3.00. The Balaban J connectivity index is 1.72. The molecule has 0 atom stereocenters. The summed E-state index contributed by atoms with van der Waals surface area (Å²) >= 11 is 0. The first-order valence-electron chi connectivity index (χ1n) is 9.70. The van der Waals surface area contributed by atoms with E-state index in [-0.39, 0.29) is 5.69 Å². The minimum Gasteiger partial charge on any atom is -0.337 e. The Bertz CT molecular complexity index is 1270. The van der Waals surface area contributed by atoms with Crippen LogP contribution < -0.4 is 16.0 Å². The molecular weight excluding hydrogens is 409 g/mol. The molecule has 2 aromatic heterocycles. The maximum atomic E-state index is 14.6.